The monoisotopic (exact) mass is 252 g/mol. The van der Waals surface area contributed by atoms with Crippen molar-refractivity contribution < 1.29 is 0 Å². The Morgan fingerprint density at radius 1 is 1.53 bits per heavy atom. The lowest BCUT2D eigenvalue weighted by Crippen LogP contribution is -2.32. The highest BCUT2D eigenvalue weighted by molar-refractivity contribution is 7.80. The largest absolute Gasteiger partial charge is 0.389 e. The number of aryl methyl sites for hydroxylation is 1. The van der Waals surface area contributed by atoms with E-state index >= 15 is 0 Å². The van der Waals surface area contributed by atoms with Crippen molar-refractivity contribution in [2.45, 2.75) is 19.9 Å². The number of nitrogens with two attached hydrogens (primary N) is 1. The number of likely N-dealkylation sites (N-methyl/N-ethyl adjacent to an activating group) is 1. The summed E-state index contributed by atoms with van der Waals surface area (Å²) < 4.78 is 0. The van der Waals surface area contributed by atoms with Gasteiger partial charge in [0.1, 0.15) is 10.8 Å². The molecule has 1 aromatic heterocycles. The lowest BCUT2D eigenvalue weighted by Gasteiger charge is -2.21. The molecule has 1 rings (SSSR count). The van der Waals surface area contributed by atoms with Crippen molar-refractivity contribution in [1.29, 1.82) is 0 Å². The third-order valence-corrected chi connectivity index (χ3v) is 2.97. The van der Waals surface area contributed by atoms with E-state index in [4.69, 9.17) is 18.0 Å². The highest BCUT2D eigenvalue weighted by Crippen LogP contribution is 2.13. The van der Waals surface area contributed by atoms with E-state index in [0.717, 1.165) is 23.6 Å². The predicted molar refractivity (Wildman–Crippen MR) is 76.5 cm³/mol. The normalized spacial score (nSPS) is 12.5. The number of anilines is 1. The molecule has 1 aromatic rings. The fourth-order valence-electron chi connectivity index (χ4n) is 1.32. The Labute approximate surface area is 108 Å². The van der Waals surface area contributed by atoms with Crippen molar-refractivity contribution >= 4 is 23.0 Å². The van der Waals surface area contributed by atoms with Crippen molar-refractivity contribution in [3.8, 4) is 0 Å². The molecule has 0 radical (unpaired) electrons. The summed E-state index contributed by atoms with van der Waals surface area (Å²) in [4.78, 5) is 6.94. The van der Waals surface area contributed by atoms with Crippen molar-refractivity contribution in [3.63, 3.8) is 0 Å². The molecule has 0 bridgehead atoms. The lowest BCUT2D eigenvalue weighted by atomic mass is 10.2. The van der Waals surface area contributed by atoms with Crippen LogP contribution in [0.4, 0.5) is 5.82 Å². The molecule has 0 saturated heterocycles. The minimum absolute atomic E-state index is 0.373. The molecule has 1 heterocycles. The van der Waals surface area contributed by atoms with Crippen LogP contribution in [0.15, 0.2) is 12.1 Å². The number of nitrogens with one attached hydrogen (secondary N) is 1. The minimum Gasteiger partial charge on any atom is -0.389 e. The standard InChI is InChI=1S/C12H20N4S/c1-8-5-6-10(11(13)17)12(15-8)14-7-9(2)16(3)4/h5-6,9H,7H2,1-4H3,(H2,13,17)(H,14,15). The van der Waals surface area contributed by atoms with E-state index in [-0.39, 0.29) is 0 Å². The Hall–Kier alpha value is -1.20. The molecule has 17 heavy (non-hydrogen) atoms. The van der Waals surface area contributed by atoms with E-state index in [9.17, 15) is 0 Å². The van der Waals surface area contributed by atoms with Crippen LogP contribution in [-0.2, 0) is 0 Å². The third kappa shape index (κ3) is 3.94. The molecule has 3 N–H and O–H groups in total. The van der Waals surface area contributed by atoms with Gasteiger partial charge in [0.15, 0.2) is 0 Å². The van der Waals surface area contributed by atoms with Gasteiger partial charge in [0.2, 0.25) is 0 Å². The smallest absolute Gasteiger partial charge is 0.136 e. The number of thiocarbonyl (C=S) groups is 1. The summed E-state index contributed by atoms with van der Waals surface area (Å²) in [5.41, 5.74) is 7.42. The Bertz CT molecular complexity index is 403. The molecular formula is C12H20N4S. The van der Waals surface area contributed by atoms with Crippen LogP contribution < -0.4 is 11.1 Å². The molecular weight excluding hydrogens is 232 g/mol. The predicted octanol–water partition coefficient (Wildman–Crippen LogP) is 1.39. The van der Waals surface area contributed by atoms with Crippen molar-refractivity contribution in [3.05, 3.63) is 23.4 Å². The van der Waals surface area contributed by atoms with Crippen molar-refractivity contribution in [2.75, 3.05) is 26.0 Å². The van der Waals surface area contributed by atoms with Crippen LogP contribution in [0.2, 0.25) is 0 Å². The van der Waals surface area contributed by atoms with Crippen molar-refractivity contribution in [2.24, 2.45) is 5.73 Å². The number of aromatic nitrogens is 1. The van der Waals surface area contributed by atoms with Gasteiger partial charge in [-0.05, 0) is 40.1 Å². The molecule has 1 unspecified atom stereocenters. The van der Waals surface area contributed by atoms with Gasteiger partial charge in [-0.3, -0.25) is 0 Å². The fraction of sp³-hybridized carbons (Fsp3) is 0.500. The molecule has 0 aliphatic carbocycles. The maximum absolute atomic E-state index is 5.67. The first-order valence-corrected chi connectivity index (χ1v) is 6.00. The lowest BCUT2D eigenvalue weighted by molar-refractivity contribution is 0.326. The van der Waals surface area contributed by atoms with Crippen LogP contribution in [0, 0.1) is 6.92 Å². The molecule has 5 heteroatoms. The van der Waals surface area contributed by atoms with Gasteiger partial charge in [0.25, 0.3) is 0 Å². The molecule has 0 fully saturated rings. The molecule has 94 valence electrons. The Balaban J connectivity index is 2.82. The van der Waals surface area contributed by atoms with E-state index in [1.807, 2.05) is 33.2 Å². The van der Waals surface area contributed by atoms with Gasteiger partial charge in [-0.1, -0.05) is 12.2 Å². The number of hydrogen-bond acceptors (Lipinski definition) is 4. The van der Waals surface area contributed by atoms with E-state index in [1.165, 1.54) is 0 Å². The second kappa shape index (κ2) is 5.93. The van der Waals surface area contributed by atoms with Crippen LogP contribution in [0.25, 0.3) is 0 Å². The highest BCUT2D eigenvalue weighted by atomic mass is 32.1. The Morgan fingerprint density at radius 2 is 2.18 bits per heavy atom. The summed E-state index contributed by atoms with van der Waals surface area (Å²) in [6.45, 7) is 4.90. The average molecular weight is 252 g/mol. The Morgan fingerprint density at radius 3 is 2.71 bits per heavy atom. The van der Waals surface area contributed by atoms with Gasteiger partial charge < -0.3 is 16.0 Å². The van der Waals surface area contributed by atoms with Crippen LogP contribution in [0.5, 0.6) is 0 Å². The molecule has 4 nitrogen and oxygen atoms in total. The number of rotatable bonds is 5. The summed E-state index contributed by atoms with van der Waals surface area (Å²) in [7, 11) is 4.09. The quantitative estimate of drug-likeness (QED) is 0.776. The highest BCUT2D eigenvalue weighted by Gasteiger charge is 2.09. The first-order chi connectivity index (χ1) is 7.91. The summed E-state index contributed by atoms with van der Waals surface area (Å²) in [5.74, 6) is 0.770. The topological polar surface area (TPSA) is 54.2 Å². The molecule has 0 amide bonds. The minimum atomic E-state index is 0.373. The maximum atomic E-state index is 5.67. The van der Waals surface area contributed by atoms with Crippen LogP contribution >= 0.6 is 12.2 Å². The second-order valence-electron chi connectivity index (χ2n) is 4.41. The van der Waals surface area contributed by atoms with E-state index in [2.05, 4.69) is 22.1 Å². The Kier molecular flexibility index (Phi) is 4.84. The van der Waals surface area contributed by atoms with Gasteiger partial charge in [0.05, 0.1) is 5.56 Å². The molecule has 0 aliphatic rings. The summed E-state index contributed by atoms with van der Waals surface area (Å²) in [6, 6.07) is 4.24. The molecule has 0 spiro atoms. The zero-order valence-corrected chi connectivity index (χ0v) is 11.6. The molecule has 0 saturated carbocycles. The van der Waals surface area contributed by atoms with Crippen molar-refractivity contribution in [1.82, 2.24) is 9.88 Å². The average Bonchev–Trinajstić information content (AvgIpc) is 2.25. The molecule has 0 aromatic carbocycles. The summed E-state index contributed by atoms with van der Waals surface area (Å²) >= 11 is 5.01. The van der Waals surface area contributed by atoms with Crippen LogP contribution in [0.1, 0.15) is 18.2 Å². The zero-order chi connectivity index (χ0) is 13.0. The maximum Gasteiger partial charge on any atom is 0.136 e. The number of pyridine rings is 1. The summed E-state index contributed by atoms with van der Waals surface area (Å²) in [5, 5.41) is 3.30. The number of nitrogens with zero attached hydrogens (tertiary/aromatic N) is 2. The molecule has 1 atom stereocenters. The first-order valence-electron chi connectivity index (χ1n) is 5.59. The van der Waals surface area contributed by atoms with Gasteiger partial charge in [-0.25, -0.2) is 4.98 Å². The van der Waals surface area contributed by atoms with E-state index in [0.29, 0.717) is 11.0 Å². The van der Waals surface area contributed by atoms with Gasteiger partial charge in [-0.2, -0.15) is 0 Å². The second-order valence-corrected chi connectivity index (χ2v) is 4.85. The first kappa shape index (κ1) is 13.9. The number of hydrogen-bond donors (Lipinski definition) is 2. The third-order valence-electron chi connectivity index (χ3n) is 2.75. The summed E-state index contributed by atoms with van der Waals surface area (Å²) in [6.07, 6.45) is 0. The van der Waals surface area contributed by atoms with E-state index < -0.39 is 0 Å². The zero-order valence-electron chi connectivity index (χ0n) is 10.8. The van der Waals surface area contributed by atoms with Crippen LogP contribution in [-0.4, -0.2) is 41.6 Å². The van der Waals surface area contributed by atoms with Gasteiger partial charge in [-0.15, -0.1) is 0 Å². The molecule has 0 aliphatic heterocycles. The van der Waals surface area contributed by atoms with Crippen LogP contribution in [0.3, 0.4) is 0 Å². The SMILES string of the molecule is Cc1ccc(C(N)=S)c(NCC(C)N(C)C)n1. The fourth-order valence-corrected chi connectivity index (χ4v) is 1.48. The van der Waals surface area contributed by atoms with E-state index in [1.54, 1.807) is 0 Å². The van der Waals surface area contributed by atoms with Gasteiger partial charge >= 0.3 is 0 Å². The van der Waals surface area contributed by atoms with Gasteiger partial charge in [0, 0.05) is 18.3 Å².